The number of carbonyl (C=O) groups excluding carboxylic acids is 1. The molecule has 1 aromatic carbocycles. The number of H-pyrrole nitrogens is 1. The number of ether oxygens (including phenoxy) is 1. The number of fused-ring (bicyclic) bond motifs is 1. The molecule has 0 bridgehead atoms. The maximum atomic E-state index is 13.4. The predicted molar refractivity (Wildman–Crippen MR) is 134 cm³/mol. The summed E-state index contributed by atoms with van der Waals surface area (Å²) in [5.74, 6) is -1.99. The summed E-state index contributed by atoms with van der Waals surface area (Å²) in [4.78, 5) is 40.3. The van der Waals surface area contributed by atoms with Gasteiger partial charge in [0.1, 0.15) is 12.1 Å². The number of nitrogens with zero attached hydrogens (tertiary/aromatic N) is 1. The van der Waals surface area contributed by atoms with Crippen LogP contribution in [0.15, 0.2) is 30.5 Å². The van der Waals surface area contributed by atoms with E-state index in [2.05, 4.69) is 10.1 Å². The fourth-order valence-corrected chi connectivity index (χ4v) is 5.58. The molecule has 7 atom stereocenters. The molecule has 1 amide bonds. The highest BCUT2D eigenvalue weighted by molar-refractivity contribution is 7.50. The number of carbonyl (C=O) groups is 2. The third kappa shape index (κ3) is 7.38. The molecule has 0 saturated carbocycles. The van der Waals surface area contributed by atoms with Crippen molar-refractivity contribution in [1.29, 1.82) is 0 Å². The third-order valence-electron chi connectivity index (χ3n) is 6.45. The van der Waals surface area contributed by atoms with E-state index in [4.69, 9.17) is 9.26 Å². The lowest BCUT2D eigenvalue weighted by molar-refractivity contribution is -0.218. The van der Waals surface area contributed by atoms with Crippen molar-refractivity contribution >= 4 is 30.5 Å². The molecular formula is C24H36N3O9P. The van der Waals surface area contributed by atoms with Crippen molar-refractivity contribution in [3.8, 4) is 0 Å². The molecule has 37 heavy (non-hydrogen) atoms. The lowest BCUT2D eigenvalue weighted by Crippen LogP contribution is -2.52. The quantitative estimate of drug-likeness (QED) is 0.229. The zero-order chi connectivity index (χ0) is 27.5. The molecule has 1 saturated heterocycles. The monoisotopic (exact) mass is 541 g/mol. The maximum absolute atomic E-state index is 13.4. The minimum atomic E-state index is -4.65. The number of aliphatic carboxylic acids is 1. The highest BCUT2D eigenvalue weighted by Crippen LogP contribution is 2.42. The number of hydrogen-bond acceptors (Lipinski definition) is 7. The van der Waals surface area contributed by atoms with Crippen LogP contribution < -0.4 is 5.09 Å². The summed E-state index contributed by atoms with van der Waals surface area (Å²) < 4.78 is 23.4. The van der Waals surface area contributed by atoms with Gasteiger partial charge >= 0.3 is 13.7 Å². The number of amides is 1. The van der Waals surface area contributed by atoms with Gasteiger partial charge in [0.25, 0.3) is 0 Å². The molecule has 1 aromatic heterocycles. The topological polar surface area (TPSA) is 182 Å². The van der Waals surface area contributed by atoms with Gasteiger partial charge in [-0.05, 0) is 30.9 Å². The Bertz CT molecular complexity index is 1130. The molecule has 1 aliphatic heterocycles. The van der Waals surface area contributed by atoms with E-state index in [1.54, 1.807) is 6.20 Å². The van der Waals surface area contributed by atoms with Gasteiger partial charge in [-0.15, -0.1) is 0 Å². The zero-order valence-corrected chi connectivity index (χ0v) is 22.2. The predicted octanol–water partition coefficient (Wildman–Crippen LogP) is 1.60. The summed E-state index contributed by atoms with van der Waals surface area (Å²) in [6.07, 6.45) is -2.90. The summed E-state index contributed by atoms with van der Waals surface area (Å²) in [5.41, 5.74) is 1.56. The molecule has 0 radical (unpaired) electrons. The van der Waals surface area contributed by atoms with Gasteiger partial charge in [-0.1, -0.05) is 32.0 Å². The van der Waals surface area contributed by atoms with Crippen molar-refractivity contribution < 1.29 is 43.6 Å². The molecule has 0 spiro atoms. The Morgan fingerprint density at radius 3 is 2.59 bits per heavy atom. The van der Waals surface area contributed by atoms with Crippen molar-refractivity contribution in [3.05, 3.63) is 36.0 Å². The first-order chi connectivity index (χ1) is 17.3. The molecule has 1 fully saturated rings. The van der Waals surface area contributed by atoms with Crippen LogP contribution in [0.2, 0.25) is 0 Å². The molecule has 1 unspecified atom stereocenters. The molecule has 12 nitrogen and oxygen atoms in total. The van der Waals surface area contributed by atoms with Gasteiger partial charge < -0.3 is 34.8 Å². The number of aromatic nitrogens is 1. The number of hydrogen-bond donors (Lipinski definition) is 6. The van der Waals surface area contributed by atoms with Crippen molar-refractivity contribution in [1.82, 2.24) is 15.0 Å². The number of likely N-dealkylation sites (N-methyl/N-ethyl adjacent to an activating group) is 1. The second kappa shape index (κ2) is 12.0. The second-order valence-electron chi connectivity index (χ2n) is 9.87. The first-order valence-corrected chi connectivity index (χ1v) is 13.7. The third-order valence-corrected chi connectivity index (χ3v) is 7.61. The van der Waals surface area contributed by atoms with Crippen LogP contribution >= 0.6 is 7.75 Å². The first-order valence-electron chi connectivity index (χ1n) is 12.1. The van der Waals surface area contributed by atoms with Gasteiger partial charge in [0.15, 0.2) is 6.29 Å². The van der Waals surface area contributed by atoms with Crippen molar-refractivity contribution in [2.75, 3.05) is 7.05 Å². The Labute approximate surface area is 215 Å². The molecule has 1 aliphatic rings. The summed E-state index contributed by atoms with van der Waals surface area (Å²) in [6.45, 7) is 5.11. The van der Waals surface area contributed by atoms with Crippen LogP contribution in [0.3, 0.4) is 0 Å². The molecule has 6 N–H and O–H groups in total. The average molecular weight is 542 g/mol. The molecule has 0 aliphatic carbocycles. The van der Waals surface area contributed by atoms with E-state index in [9.17, 15) is 34.4 Å². The van der Waals surface area contributed by atoms with Gasteiger partial charge in [-0.3, -0.25) is 9.32 Å². The van der Waals surface area contributed by atoms with Gasteiger partial charge in [-0.25, -0.2) is 14.4 Å². The van der Waals surface area contributed by atoms with E-state index in [1.165, 1.54) is 14.0 Å². The van der Waals surface area contributed by atoms with Crippen LogP contribution in [0.5, 0.6) is 0 Å². The number of para-hydroxylation sites is 1. The van der Waals surface area contributed by atoms with Crippen LogP contribution in [0.1, 0.15) is 39.2 Å². The highest BCUT2D eigenvalue weighted by atomic mass is 31.2. The largest absolute Gasteiger partial charge is 0.480 e. The standard InChI is InChI=1S/C24H36N3O9P/c1-13(2)9-18(26-37(33,34)36-21-11-20(28)22(29)14(3)35-21)23(30)27(4)19(24(31)32)10-15-12-25-17-8-6-5-7-16(15)17/h5-8,12-14,18-22,25,28-29H,9-11H2,1-4H3,(H,31,32)(H2,26,33,34)/t14-,18-,19-,20-,21-,22-/m0/s1. The van der Waals surface area contributed by atoms with E-state index < -0.39 is 56.3 Å². The van der Waals surface area contributed by atoms with Gasteiger partial charge in [0, 0.05) is 37.0 Å². The summed E-state index contributed by atoms with van der Waals surface area (Å²) in [5, 5.41) is 32.9. The van der Waals surface area contributed by atoms with Crippen molar-refractivity contribution in [2.24, 2.45) is 5.92 Å². The molecule has 2 heterocycles. The minimum absolute atomic E-state index is 0.0251. The lowest BCUT2D eigenvalue weighted by atomic mass is 10.0. The smallest absolute Gasteiger partial charge is 0.405 e. The minimum Gasteiger partial charge on any atom is -0.480 e. The van der Waals surface area contributed by atoms with E-state index in [-0.39, 0.29) is 25.2 Å². The van der Waals surface area contributed by atoms with E-state index >= 15 is 0 Å². The number of benzene rings is 1. The Morgan fingerprint density at radius 1 is 1.30 bits per heavy atom. The van der Waals surface area contributed by atoms with Gasteiger partial charge in [0.05, 0.1) is 18.2 Å². The van der Waals surface area contributed by atoms with Gasteiger partial charge in [-0.2, -0.15) is 0 Å². The van der Waals surface area contributed by atoms with Crippen LogP contribution in [-0.4, -0.2) is 85.7 Å². The molecular weight excluding hydrogens is 505 g/mol. The Kier molecular flexibility index (Phi) is 9.52. The van der Waals surface area contributed by atoms with Crippen molar-refractivity contribution in [2.45, 2.75) is 76.7 Å². The molecule has 3 rings (SSSR count). The van der Waals surface area contributed by atoms with Gasteiger partial charge in [0.2, 0.25) is 5.91 Å². The zero-order valence-electron chi connectivity index (χ0n) is 21.3. The normalized spacial score (nSPS) is 25.5. The first kappa shape index (κ1) is 29.2. The lowest BCUT2D eigenvalue weighted by Gasteiger charge is -2.36. The number of aliphatic hydroxyl groups excluding tert-OH is 2. The summed E-state index contributed by atoms with van der Waals surface area (Å²) in [6, 6.07) is 4.94. The number of rotatable bonds is 11. The molecule has 2 aromatic rings. The average Bonchev–Trinajstić information content (AvgIpc) is 3.21. The SMILES string of the molecule is CC(C)C[C@H](NP(=O)(O)O[C@H]1C[C@H](O)[C@@H](O)[C@H](C)O1)C(=O)N(C)[C@@H](Cc1c[nH]c2ccccc12)C(=O)O. The van der Waals surface area contributed by atoms with E-state index in [1.807, 2.05) is 38.1 Å². The van der Waals surface area contributed by atoms with Crippen LogP contribution in [-0.2, 0) is 29.8 Å². The number of nitrogens with one attached hydrogen (secondary N) is 2. The van der Waals surface area contributed by atoms with Crippen LogP contribution in [0, 0.1) is 5.92 Å². The summed E-state index contributed by atoms with van der Waals surface area (Å²) >= 11 is 0. The van der Waals surface area contributed by atoms with E-state index in [0.29, 0.717) is 0 Å². The van der Waals surface area contributed by atoms with Crippen LogP contribution in [0.4, 0.5) is 0 Å². The van der Waals surface area contributed by atoms with E-state index in [0.717, 1.165) is 21.4 Å². The highest BCUT2D eigenvalue weighted by Gasteiger charge is 2.40. The number of aromatic amines is 1. The number of aliphatic hydroxyl groups is 2. The Morgan fingerprint density at radius 2 is 1.97 bits per heavy atom. The number of carboxylic acid groups (broad SMARTS) is 1. The summed E-state index contributed by atoms with van der Waals surface area (Å²) in [7, 11) is -3.31. The van der Waals surface area contributed by atoms with Crippen LogP contribution in [0.25, 0.3) is 10.9 Å². The van der Waals surface area contributed by atoms with Crippen molar-refractivity contribution in [3.63, 3.8) is 0 Å². The Hall–Kier alpha value is -2.31. The maximum Gasteiger partial charge on any atom is 0.405 e. The Balaban J connectivity index is 1.76. The number of carboxylic acids is 1. The fourth-order valence-electron chi connectivity index (χ4n) is 4.46. The molecule has 206 valence electrons. The fraction of sp³-hybridized carbons (Fsp3) is 0.583. The molecule has 13 heteroatoms. The second-order valence-corrected chi connectivity index (χ2v) is 11.4.